The van der Waals surface area contributed by atoms with Crippen LogP contribution >= 0.6 is 11.6 Å². The largest absolute Gasteiger partial charge is 0.357 e. The van der Waals surface area contributed by atoms with E-state index >= 15 is 0 Å². The van der Waals surface area contributed by atoms with E-state index in [0.717, 1.165) is 22.3 Å². The van der Waals surface area contributed by atoms with Crippen LogP contribution in [0.3, 0.4) is 0 Å². The zero-order valence-corrected chi connectivity index (χ0v) is 18.6. The molecule has 0 spiro atoms. The third-order valence-corrected chi connectivity index (χ3v) is 5.51. The molecule has 0 radical (unpaired) electrons. The van der Waals surface area contributed by atoms with Gasteiger partial charge in [0.25, 0.3) is 0 Å². The van der Waals surface area contributed by atoms with Crippen LogP contribution < -0.4 is 5.32 Å². The van der Waals surface area contributed by atoms with Gasteiger partial charge in [0.1, 0.15) is 6.04 Å². The summed E-state index contributed by atoms with van der Waals surface area (Å²) < 4.78 is 0. The number of hydrogen-bond donors (Lipinski definition) is 1. The van der Waals surface area contributed by atoms with Gasteiger partial charge in [0.05, 0.1) is 6.42 Å². The molecule has 1 unspecified atom stereocenters. The van der Waals surface area contributed by atoms with Crippen LogP contribution in [0.1, 0.15) is 22.3 Å². The average molecular weight is 435 g/mol. The standard InChI is InChI=1S/C26H27ClN2O2/c1-19-8-10-21(11-9-19)17-25(30)29(18-22-12-14-23(27)15-13-22)24(26(31)28-2)16-20-6-4-3-5-7-20/h3-15,24H,16-18H2,1-2H3,(H,28,31). The fourth-order valence-electron chi connectivity index (χ4n) is 3.49. The Hall–Kier alpha value is -3.11. The highest BCUT2D eigenvalue weighted by atomic mass is 35.5. The van der Waals surface area contributed by atoms with E-state index < -0.39 is 6.04 Å². The van der Waals surface area contributed by atoms with E-state index in [2.05, 4.69) is 5.32 Å². The molecule has 31 heavy (non-hydrogen) atoms. The molecule has 3 rings (SSSR count). The molecule has 0 heterocycles. The van der Waals surface area contributed by atoms with Crippen LogP contribution in [-0.2, 0) is 29.0 Å². The highest BCUT2D eigenvalue weighted by molar-refractivity contribution is 6.30. The van der Waals surface area contributed by atoms with Crippen molar-refractivity contribution in [1.29, 1.82) is 0 Å². The molecule has 0 saturated carbocycles. The summed E-state index contributed by atoms with van der Waals surface area (Å²) in [7, 11) is 1.60. The lowest BCUT2D eigenvalue weighted by Crippen LogP contribution is -2.50. The smallest absolute Gasteiger partial charge is 0.242 e. The molecule has 0 aliphatic heterocycles. The molecule has 0 bridgehead atoms. The molecule has 4 nitrogen and oxygen atoms in total. The average Bonchev–Trinajstić information content (AvgIpc) is 2.79. The monoisotopic (exact) mass is 434 g/mol. The van der Waals surface area contributed by atoms with E-state index in [0.29, 0.717) is 18.0 Å². The van der Waals surface area contributed by atoms with Crippen LogP contribution in [0.2, 0.25) is 5.02 Å². The predicted molar refractivity (Wildman–Crippen MR) is 125 cm³/mol. The summed E-state index contributed by atoms with van der Waals surface area (Å²) in [4.78, 5) is 28.0. The molecule has 2 amide bonds. The Morgan fingerprint density at radius 3 is 2.10 bits per heavy atom. The Balaban J connectivity index is 1.92. The molecule has 0 aliphatic rings. The Labute approximate surface area is 188 Å². The third-order valence-electron chi connectivity index (χ3n) is 5.26. The van der Waals surface area contributed by atoms with Gasteiger partial charge in [-0.3, -0.25) is 9.59 Å². The lowest BCUT2D eigenvalue weighted by Gasteiger charge is -2.31. The van der Waals surface area contributed by atoms with Gasteiger partial charge in [0.2, 0.25) is 11.8 Å². The van der Waals surface area contributed by atoms with Gasteiger partial charge in [-0.25, -0.2) is 0 Å². The van der Waals surface area contributed by atoms with E-state index in [1.807, 2.05) is 73.7 Å². The molecule has 0 aromatic heterocycles. The Kier molecular flexibility index (Phi) is 7.85. The van der Waals surface area contributed by atoms with Gasteiger partial charge >= 0.3 is 0 Å². The fourth-order valence-corrected chi connectivity index (χ4v) is 3.62. The first kappa shape index (κ1) is 22.6. The minimum Gasteiger partial charge on any atom is -0.357 e. The molecule has 0 fully saturated rings. The van der Waals surface area contributed by atoms with Crippen LogP contribution in [-0.4, -0.2) is 29.8 Å². The highest BCUT2D eigenvalue weighted by Gasteiger charge is 2.29. The molecule has 1 N–H and O–H groups in total. The second kappa shape index (κ2) is 10.8. The summed E-state index contributed by atoms with van der Waals surface area (Å²) in [6.45, 7) is 2.34. The maximum atomic E-state index is 13.4. The van der Waals surface area contributed by atoms with Crippen LogP contribution in [0, 0.1) is 6.92 Å². The van der Waals surface area contributed by atoms with Crippen molar-refractivity contribution >= 4 is 23.4 Å². The molecule has 5 heteroatoms. The summed E-state index contributed by atoms with van der Waals surface area (Å²) in [6, 6.07) is 24.4. The maximum Gasteiger partial charge on any atom is 0.242 e. The number of rotatable bonds is 8. The lowest BCUT2D eigenvalue weighted by atomic mass is 10.0. The summed E-state index contributed by atoms with van der Waals surface area (Å²) in [6.07, 6.45) is 0.671. The minimum atomic E-state index is -0.624. The fraction of sp³-hybridized carbons (Fsp3) is 0.231. The molecule has 0 saturated heterocycles. The number of nitrogens with one attached hydrogen (secondary N) is 1. The second-order valence-corrected chi connectivity index (χ2v) is 8.07. The summed E-state index contributed by atoms with van der Waals surface area (Å²) in [5.74, 6) is -0.279. The SMILES string of the molecule is CNC(=O)C(Cc1ccccc1)N(Cc1ccc(Cl)cc1)C(=O)Cc1ccc(C)cc1. The number of aryl methyl sites for hydroxylation is 1. The first-order valence-electron chi connectivity index (χ1n) is 10.3. The first-order chi connectivity index (χ1) is 15.0. The Morgan fingerprint density at radius 1 is 0.871 bits per heavy atom. The lowest BCUT2D eigenvalue weighted by molar-refractivity contribution is -0.140. The number of amides is 2. The van der Waals surface area contributed by atoms with Gasteiger partial charge in [0, 0.05) is 25.0 Å². The predicted octanol–water partition coefficient (Wildman–Crippen LogP) is 4.58. The van der Waals surface area contributed by atoms with Crippen molar-refractivity contribution in [2.45, 2.75) is 32.4 Å². The van der Waals surface area contributed by atoms with Gasteiger partial charge in [0.15, 0.2) is 0 Å². The van der Waals surface area contributed by atoms with Gasteiger partial charge in [-0.1, -0.05) is 83.9 Å². The van der Waals surface area contributed by atoms with E-state index in [9.17, 15) is 9.59 Å². The van der Waals surface area contributed by atoms with E-state index in [4.69, 9.17) is 11.6 Å². The Morgan fingerprint density at radius 2 is 1.48 bits per heavy atom. The van der Waals surface area contributed by atoms with Crippen LogP contribution in [0.4, 0.5) is 0 Å². The van der Waals surface area contributed by atoms with Crippen molar-refractivity contribution < 1.29 is 9.59 Å². The van der Waals surface area contributed by atoms with Crippen molar-refractivity contribution in [1.82, 2.24) is 10.2 Å². The maximum absolute atomic E-state index is 13.4. The number of halogens is 1. The molecular formula is C26H27ClN2O2. The number of benzene rings is 3. The summed E-state index contributed by atoms with van der Waals surface area (Å²) in [5.41, 5.74) is 3.98. The number of nitrogens with zero attached hydrogens (tertiary/aromatic N) is 1. The quantitative estimate of drug-likeness (QED) is 0.564. The van der Waals surface area contributed by atoms with E-state index in [-0.39, 0.29) is 18.2 Å². The zero-order valence-electron chi connectivity index (χ0n) is 17.8. The van der Waals surface area contributed by atoms with Gasteiger partial charge in [-0.2, -0.15) is 0 Å². The zero-order chi connectivity index (χ0) is 22.2. The minimum absolute atomic E-state index is 0.0941. The molecule has 1 atom stereocenters. The van der Waals surface area contributed by atoms with Crippen LogP contribution in [0.25, 0.3) is 0 Å². The number of hydrogen-bond acceptors (Lipinski definition) is 2. The van der Waals surface area contributed by atoms with Crippen molar-refractivity contribution in [3.8, 4) is 0 Å². The van der Waals surface area contributed by atoms with Crippen molar-refractivity contribution in [2.75, 3.05) is 7.05 Å². The normalized spacial score (nSPS) is 11.6. The Bertz CT molecular complexity index is 1000. The third kappa shape index (κ3) is 6.43. The molecule has 0 aliphatic carbocycles. The van der Waals surface area contributed by atoms with Crippen LogP contribution in [0.15, 0.2) is 78.9 Å². The van der Waals surface area contributed by atoms with Gasteiger partial charge in [-0.05, 0) is 35.7 Å². The number of carbonyl (C=O) groups excluding carboxylic acids is 2. The number of carbonyl (C=O) groups is 2. The first-order valence-corrected chi connectivity index (χ1v) is 10.7. The summed E-state index contributed by atoms with van der Waals surface area (Å²) in [5, 5.41) is 3.37. The molecular weight excluding hydrogens is 408 g/mol. The van der Waals surface area contributed by atoms with E-state index in [1.54, 1.807) is 24.1 Å². The van der Waals surface area contributed by atoms with E-state index in [1.165, 1.54) is 0 Å². The van der Waals surface area contributed by atoms with Crippen molar-refractivity contribution in [3.05, 3.63) is 106 Å². The van der Waals surface area contributed by atoms with Crippen molar-refractivity contribution in [3.63, 3.8) is 0 Å². The highest BCUT2D eigenvalue weighted by Crippen LogP contribution is 2.18. The number of likely N-dealkylation sites (N-methyl/N-ethyl adjacent to an activating group) is 1. The molecule has 160 valence electrons. The van der Waals surface area contributed by atoms with Gasteiger partial charge in [-0.15, -0.1) is 0 Å². The second-order valence-electron chi connectivity index (χ2n) is 7.63. The molecule has 3 aromatic carbocycles. The van der Waals surface area contributed by atoms with Crippen molar-refractivity contribution in [2.24, 2.45) is 0 Å². The summed E-state index contributed by atoms with van der Waals surface area (Å²) >= 11 is 6.03. The van der Waals surface area contributed by atoms with Gasteiger partial charge < -0.3 is 10.2 Å². The topological polar surface area (TPSA) is 49.4 Å². The van der Waals surface area contributed by atoms with Crippen LogP contribution in [0.5, 0.6) is 0 Å². The molecule has 3 aromatic rings.